The molecule has 0 aliphatic carbocycles. The molecule has 1 heterocycles. The number of ether oxygens (including phenoxy) is 1. The van der Waals surface area contributed by atoms with Crippen LogP contribution < -0.4 is 9.08 Å². The summed E-state index contributed by atoms with van der Waals surface area (Å²) < 4.78 is 35.7. The van der Waals surface area contributed by atoms with E-state index in [-0.39, 0.29) is 23.7 Å². The second-order valence-electron chi connectivity index (χ2n) is 8.40. The molecule has 1 fully saturated rings. The number of hydrogen-bond acceptors (Lipinski definition) is 6. The maximum Gasteiger partial charge on any atom is 0.308 e. The minimum atomic E-state index is -3.70. The normalized spacial score (nSPS) is 16.5. The molecule has 1 atom stereocenters. The van der Waals surface area contributed by atoms with E-state index in [4.69, 9.17) is 8.92 Å². The van der Waals surface area contributed by atoms with Gasteiger partial charge in [-0.1, -0.05) is 19.9 Å². The molecule has 176 valence electrons. The van der Waals surface area contributed by atoms with Crippen LogP contribution in [0.15, 0.2) is 18.2 Å². The third kappa shape index (κ3) is 7.68. The van der Waals surface area contributed by atoms with E-state index >= 15 is 0 Å². The molecule has 0 unspecified atom stereocenters. The van der Waals surface area contributed by atoms with E-state index in [9.17, 15) is 13.2 Å². The van der Waals surface area contributed by atoms with Gasteiger partial charge in [0.25, 0.3) is 0 Å². The maximum absolute atomic E-state index is 13.0. The minimum absolute atomic E-state index is 0.0230. The zero-order valence-corrected chi connectivity index (χ0v) is 20.4. The summed E-state index contributed by atoms with van der Waals surface area (Å²) in [6, 6.07) is 5.61. The lowest BCUT2D eigenvalue weighted by molar-refractivity contribution is -0.134. The van der Waals surface area contributed by atoms with Crippen LogP contribution in [0, 0.1) is 5.92 Å². The number of hydrogen-bond donors (Lipinski definition) is 0. The van der Waals surface area contributed by atoms with Gasteiger partial charge in [0.05, 0.1) is 11.9 Å². The Morgan fingerprint density at radius 3 is 2.48 bits per heavy atom. The molecule has 0 aromatic heterocycles. The molecule has 1 aliphatic heterocycles. The van der Waals surface area contributed by atoms with Crippen molar-refractivity contribution < 1.29 is 22.1 Å². The molecule has 1 aromatic carbocycles. The molecular formula is C23H38N2O5S. The average Bonchev–Trinajstić information content (AvgIpc) is 3.22. The fraction of sp³-hybridized carbons (Fsp3) is 0.696. The maximum atomic E-state index is 13.0. The second kappa shape index (κ2) is 11.7. The van der Waals surface area contributed by atoms with Gasteiger partial charge in [-0.25, -0.2) is 0 Å². The molecule has 1 aliphatic rings. The van der Waals surface area contributed by atoms with Crippen LogP contribution >= 0.6 is 0 Å². The van der Waals surface area contributed by atoms with Crippen molar-refractivity contribution >= 4 is 21.7 Å². The number of benzene rings is 1. The number of carbonyl (C=O) groups excluding carboxylic acids is 1. The molecule has 0 saturated carbocycles. The van der Waals surface area contributed by atoms with Gasteiger partial charge in [0.2, 0.25) is 5.91 Å². The van der Waals surface area contributed by atoms with Crippen LogP contribution in [0.3, 0.4) is 0 Å². The van der Waals surface area contributed by atoms with Crippen LogP contribution in [0.25, 0.3) is 0 Å². The van der Waals surface area contributed by atoms with Gasteiger partial charge >= 0.3 is 10.1 Å². The van der Waals surface area contributed by atoms with E-state index < -0.39 is 10.1 Å². The lowest BCUT2D eigenvalue weighted by Gasteiger charge is -2.28. The van der Waals surface area contributed by atoms with Gasteiger partial charge in [0, 0.05) is 56.5 Å². The standard InChI is InChI=1S/C23H38N2O5S/c1-6-24(7-2)20-12-11-19(22(15-20)30-31(27,28)8-3)16-25(23(26)14-18(4)5)17-21-10-9-13-29-21/h11-12,15,18,21H,6-10,13-14,16-17H2,1-5H3/t21-/m0/s1. The highest BCUT2D eigenvalue weighted by Crippen LogP contribution is 2.29. The van der Waals surface area contributed by atoms with E-state index in [0.29, 0.717) is 30.8 Å². The first-order valence-corrected chi connectivity index (χ1v) is 13.0. The summed E-state index contributed by atoms with van der Waals surface area (Å²) >= 11 is 0. The molecular weight excluding hydrogens is 416 g/mol. The van der Waals surface area contributed by atoms with Gasteiger partial charge in [0.1, 0.15) is 5.75 Å². The summed E-state index contributed by atoms with van der Waals surface area (Å²) in [5, 5.41) is 0. The summed E-state index contributed by atoms with van der Waals surface area (Å²) in [6.45, 7) is 12.8. The summed E-state index contributed by atoms with van der Waals surface area (Å²) in [7, 11) is -3.70. The summed E-state index contributed by atoms with van der Waals surface area (Å²) in [5.41, 5.74) is 1.58. The highest BCUT2D eigenvalue weighted by atomic mass is 32.2. The largest absolute Gasteiger partial charge is 0.382 e. The fourth-order valence-corrected chi connectivity index (χ4v) is 4.25. The summed E-state index contributed by atoms with van der Waals surface area (Å²) in [4.78, 5) is 16.9. The summed E-state index contributed by atoms with van der Waals surface area (Å²) in [5.74, 6) is 0.456. The van der Waals surface area contributed by atoms with Crippen molar-refractivity contribution in [2.45, 2.75) is 66.5 Å². The molecule has 1 aromatic rings. The Hall–Kier alpha value is -1.80. The lowest BCUT2D eigenvalue weighted by atomic mass is 10.1. The molecule has 1 saturated heterocycles. The monoisotopic (exact) mass is 454 g/mol. The Balaban J connectivity index is 2.36. The molecule has 0 radical (unpaired) electrons. The van der Waals surface area contributed by atoms with Crippen molar-refractivity contribution in [3.8, 4) is 5.75 Å². The molecule has 31 heavy (non-hydrogen) atoms. The minimum Gasteiger partial charge on any atom is -0.382 e. The number of amides is 1. The van der Waals surface area contributed by atoms with E-state index in [1.54, 1.807) is 17.9 Å². The van der Waals surface area contributed by atoms with Crippen LogP contribution in [0.4, 0.5) is 5.69 Å². The van der Waals surface area contributed by atoms with Crippen LogP contribution in [-0.4, -0.2) is 57.3 Å². The number of nitrogens with zero attached hydrogens (tertiary/aromatic N) is 2. The van der Waals surface area contributed by atoms with Crippen LogP contribution in [0.2, 0.25) is 0 Å². The Bertz CT molecular complexity index is 815. The molecule has 8 heteroatoms. The molecule has 0 N–H and O–H groups in total. The molecule has 2 rings (SSSR count). The Kier molecular flexibility index (Phi) is 9.62. The fourth-order valence-electron chi connectivity index (χ4n) is 3.71. The first-order chi connectivity index (χ1) is 14.7. The van der Waals surface area contributed by atoms with Gasteiger partial charge in [-0.2, -0.15) is 8.42 Å². The van der Waals surface area contributed by atoms with Gasteiger partial charge in [-0.3, -0.25) is 4.79 Å². The van der Waals surface area contributed by atoms with Crippen molar-refractivity contribution in [3.05, 3.63) is 23.8 Å². The first-order valence-electron chi connectivity index (χ1n) is 11.4. The van der Waals surface area contributed by atoms with Crippen LogP contribution in [0.5, 0.6) is 5.75 Å². The van der Waals surface area contributed by atoms with Gasteiger partial charge < -0.3 is 18.7 Å². The molecule has 0 spiro atoms. The number of carbonyl (C=O) groups is 1. The van der Waals surface area contributed by atoms with Crippen molar-refractivity contribution in [3.63, 3.8) is 0 Å². The predicted molar refractivity (Wildman–Crippen MR) is 124 cm³/mol. The SMILES string of the molecule is CCN(CC)c1ccc(CN(C[C@@H]2CCCO2)C(=O)CC(C)C)c(OS(=O)(=O)CC)c1. The zero-order valence-electron chi connectivity index (χ0n) is 19.6. The van der Waals surface area contributed by atoms with E-state index in [1.165, 1.54) is 0 Å². The number of rotatable bonds is 12. The van der Waals surface area contributed by atoms with Crippen molar-refractivity contribution in [2.75, 3.05) is 36.9 Å². The van der Waals surface area contributed by atoms with Crippen molar-refractivity contribution in [2.24, 2.45) is 5.92 Å². The van der Waals surface area contributed by atoms with Crippen LogP contribution in [0.1, 0.15) is 59.4 Å². The van der Waals surface area contributed by atoms with E-state index in [0.717, 1.165) is 38.2 Å². The molecule has 0 bridgehead atoms. The van der Waals surface area contributed by atoms with Gasteiger partial charge in [0.15, 0.2) is 0 Å². The lowest BCUT2D eigenvalue weighted by Crippen LogP contribution is -2.37. The quantitative estimate of drug-likeness (QED) is 0.447. The van der Waals surface area contributed by atoms with Crippen molar-refractivity contribution in [1.29, 1.82) is 0 Å². The van der Waals surface area contributed by atoms with Crippen LogP contribution in [-0.2, 0) is 26.2 Å². The Morgan fingerprint density at radius 2 is 1.94 bits per heavy atom. The third-order valence-corrected chi connectivity index (χ3v) is 6.64. The number of anilines is 1. The Labute approximate surface area is 187 Å². The highest BCUT2D eigenvalue weighted by Gasteiger charge is 2.25. The molecule has 7 nitrogen and oxygen atoms in total. The van der Waals surface area contributed by atoms with Gasteiger partial charge in [-0.05, 0) is 45.6 Å². The predicted octanol–water partition coefficient (Wildman–Crippen LogP) is 3.82. The highest BCUT2D eigenvalue weighted by molar-refractivity contribution is 7.87. The van der Waals surface area contributed by atoms with Crippen molar-refractivity contribution in [1.82, 2.24) is 4.90 Å². The van der Waals surface area contributed by atoms with E-state index in [1.807, 2.05) is 26.0 Å². The second-order valence-corrected chi connectivity index (χ2v) is 10.3. The smallest absolute Gasteiger partial charge is 0.308 e. The third-order valence-electron chi connectivity index (χ3n) is 5.49. The van der Waals surface area contributed by atoms with E-state index in [2.05, 4.69) is 18.7 Å². The topological polar surface area (TPSA) is 76.2 Å². The van der Waals surface area contributed by atoms with Gasteiger partial charge in [-0.15, -0.1) is 0 Å². The molecule has 1 amide bonds. The zero-order chi connectivity index (χ0) is 23.0. The summed E-state index contributed by atoms with van der Waals surface area (Å²) in [6.07, 6.45) is 2.39. The Morgan fingerprint density at radius 1 is 1.23 bits per heavy atom. The average molecular weight is 455 g/mol. The first kappa shape index (κ1) is 25.5.